The molecule has 0 spiro atoms. The molecule has 2 aromatic heterocycles. The first-order valence-corrected chi connectivity index (χ1v) is 4.09. The third kappa shape index (κ3) is 1.75. The lowest BCUT2D eigenvalue weighted by atomic mass is 10.1. The molecule has 5 heteroatoms. The molecule has 0 aliphatic heterocycles. The number of hydrogen-bond donors (Lipinski definition) is 3. The molecule has 0 aliphatic carbocycles. The summed E-state index contributed by atoms with van der Waals surface area (Å²) in [7, 11) is 0. The zero-order chi connectivity index (χ0) is 9.10. The second-order valence-electron chi connectivity index (χ2n) is 2.88. The van der Waals surface area contributed by atoms with Crippen LogP contribution in [-0.2, 0) is 6.42 Å². The Kier molecular flexibility index (Phi) is 2.09. The topological polar surface area (TPSA) is 83.4 Å². The molecular weight excluding hydrogens is 166 g/mol. The second-order valence-corrected chi connectivity index (χ2v) is 2.88. The molecule has 0 radical (unpaired) electrons. The van der Waals surface area contributed by atoms with Gasteiger partial charge in [0.2, 0.25) is 0 Å². The van der Waals surface area contributed by atoms with E-state index in [-0.39, 0.29) is 6.04 Å². The van der Waals surface area contributed by atoms with Gasteiger partial charge in [-0.1, -0.05) is 0 Å². The average molecular weight is 177 g/mol. The minimum absolute atomic E-state index is 0.0510. The van der Waals surface area contributed by atoms with Crippen LogP contribution >= 0.6 is 0 Å². The molecule has 0 bridgehead atoms. The van der Waals surface area contributed by atoms with Gasteiger partial charge in [-0.3, -0.25) is 5.10 Å². The van der Waals surface area contributed by atoms with Gasteiger partial charge < -0.3 is 10.7 Å². The van der Waals surface area contributed by atoms with E-state index in [4.69, 9.17) is 5.73 Å². The number of imidazole rings is 1. The SMILES string of the molecule is NC(Cc1ncc[nH]1)c1cn[nH]c1. The molecular formula is C8H11N5. The lowest BCUT2D eigenvalue weighted by Gasteiger charge is -2.05. The standard InChI is InChI=1S/C8H11N5/c9-7(6-4-12-13-5-6)3-8-10-1-2-11-8/h1-2,4-5,7H,3,9H2,(H,10,11)(H,12,13). The number of aromatic amines is 2. The molecule has 2 aromatic rings. The van der Waals surface area contributed by atoms with E-state index in [0.29, 0.717) is 6.42 Å². The predicted molar refractivity (Wildman–Crippen MR) is 47.8 cm³/mol. The van der Waals surface area contributed by atoms with Crippen molar-refractivity contribution in [3.8, 4) is 0 Å². The molecule has 0 aromatic carbocycles. The number of nitrogens with zero attached hydrogens (tertiary/aromatic N) is 2. The van der Waals surface area contributed by atoms with E-state index in [1.807, 2.05) is 0 Å². The molecule has 1 unspecified atom stereocenters. The highest BCUT2D eigenvalue weighted by atomic mass is 15.1. The highest BCUT2D eigenvalue weighted by Gasteiger charge is 2.08. The molecule has 5 nitrogen and oxygen atoms in total. The summed E-state index contributed by atoms with van der Waals surface area (Å²) in [4.78, 5) is 7.11. The Morgan fingerprint density at radius 1 is 1.54 bits per heavy atom. The summed E-state index contributed by atoms with van der Waals surface area (Å²) in [5, 5.41) is 6.57. The lowest BCUT2D eigenvalue weighted by molar-refractivity contribution is 0.695. The maximum atomic E-state index is 5.91. The number of nitrogens with one attached hydrogen (secondary N) is 2. The summed E-state index contributed by atoms with van der Waals surface area (Å²) >= 11 is 0. The fraction of sp³-hybridized carbons (Fsp3) is 0.250. The Bertz CT molecular complexity index is 337. The monoisotopic (exact) mass is 177 g/mol. The smallest absolute Gasteiger partial charge is 0.107 e. The molecule has 13 heavy (non-hydrogen) atoms. The number of nitrogens with two attached hydrogens (primary N) is 1. The lowest BCUT2D eigenvalue weighted by Crippen LogP contribution is -2.13. The van der Waals surface area contributed by atoms with Gasteiger partial charge in [0.1, 0.15) is 5.82 Å². The van der Waals surface area contributed by atoms with Crippen molar-refractivity contribution in [1.29, 1.82) is 0 Å². The number of rotatable bonds is 3. The Labute approximate surface area is 75.4 Å². The van der Waals surface area contributed by atoms with Gasteiger partial charge in [0.25, 0.3) is 0 Å². The first-order valence-electron chi connectivity index (χ1n) is 4.09. The summed E-state index contributed by atoms with van der Waals surface area (Å²) in [5.41, 5.74) is 6.91. The highest BCUT2D eigenvalue weighted by Crippen LogP contribution is 2.11. The Hall–Kier alpha value is -1.62. The summed E-state index contributed by atoms with van der Waals surface area (Å²) in [6, 6.07) is -0.0510. The van der Waals surface area contributed by atoms with Crippen molar-refractivity contribution in [3.05, 3.63) is 36.2 Å². The molecule has 2 rings (SSSR count). The first kappa shape index (κ1) is 8.00. The molecule has 68 valence electrons. The molecule has 0 amide bonds. The van der Waals surface area contributed by atoms with Crippen molar-refractivity contribution < 1.29 is 0 Å². The van der Waals surface area contributed by atoms with E-state index in [9.17, 15) is 0 Å². The van der Waals surface area contributed by atoms with Crippen LogP contribution in [0.2, 0.25) is 0 Å². The highest BCUT2D eigenvalue weighted by molar-refractivity contribution is 5.10. The van der Waals surface area contributed by atoms with Gasteiger partial charge in [0.15, 0.2) is 0 Å². The average Bonchev–Trinajstić information content (AvgIpc) is 2.74. The van der Waals surface area contributed by atoms with Crippen LogP contribution < -0.4 is 5.73 Å². The number of aromatic nitrogens is 4. The van der Waals surface area contributed by atoms with E-state index in [2.05, 4.69) is 20.2 Å². The van der Waals surface area contributed by atoms with E-state index in [1.165, 1.54) is 0 Å². The molecule has 1 atom stereocenters. The van der Waals surface area contributed by atoms with Gasteiger partial charge in [-0.25, -0.2) is 4.98 Å². The Balaban J connectivity index is 2.04. The minimum Gasteiger partial charge on any atom is -0.349 e. The third-order valence-electron chi connectivity index (χ3n) is 1.92. The van der Waals surface area contributed by atoms with Crippen LogP contribution in [0.5, 0.6) is 0 Å². The van der Waals surface area contributed by atoms with Crippen LogP contribution in [0.15, 0.2) is 24.8 Å². The Morgan fingerprint density at radius 3 is 3.08 bits per heavy atom. The fourth-order valence-electron chi connectivity index (χ4n) is 1.20. The largest absolute Gasteiger partial charge is 0.349 e. The van der Waals surface area contributed by atoms with Gasteiger partial charge in [0.05, 0.1) is 6.20 Å². The van der Waals surface area contributed by atoms with Crippen molar-refractivity contribution in [2.24, 2.45) is 5.73 Å². The minimum atomic E-state index is -0.0510. The van der Waals surface area contributed by atoms with Gasteiger partial charge in [-0.2, -0.15) is 5.10 Å². The summed E-state index contributed by atoms with van der Waals surface area (Å²) in [5.74, 6) is 0.897. The third-order valence-corrected chi connectivity index (χ3v) is 1.92. The number of hydrogen-bond acceptors (Lipinski definition) is 3. The van der Waals surface area contributed by atoms with E-state index < -0.39 is 0 Å². The zero-order valence-corrected chi connectivity index (χ0v) is 7.07. The normalized spacial score (nSPS) is 13.0. The van der Waals surface area contributed by atoms with Crippen LogP contribution in [0.4, 0.5) is 0 Å². The molecule has 4 N–H and O–H groups in total. The van der Waals surface area contributed by atoms with Crippen LogP contribution in [0.3, 0.4) is 0 Å². The summed E-state index contributed by atoms with van der Waals surface area (Å²) in [6.07, 6.45) is 7.74. The zero-order valence-electron chi connectivity index (χ0n) is 7.07. The van der Waals surface area contributed by atoms with Gasteiger partial charge in [0, 0.05) is 36.6 Å². The van der Waals surface area contributed by atoms with Gasteiger partial charge in [-0.05, 0) is 0 Å². The molecule has 2 heterocycles. The van der Waals surface area contributed by atoms with Crippen LogP contribution in [0, 0.1) is 0 Å². The van der Waals surface area contributed by atoms with Crippen LogP contribution in [-0.4, -0.2) is 20.2 Å². The predicted octanol–water partition coefficient (Wildman–Crippen LogP) is 0.375. The molecule has 0 saturated carbocycles. The van der Waals surface area contributed by atoms with Crippen molar-refractivity contribution in [2.45, 2.75) is 12.5 Å². The van der Waals surface area contributed by atoms with E-state index >= 15 is 0 Å². The van der Waals surface area contributed by atoms with Crippen molar-refractivity contribution in [3.63, 3.8) is 0 Å². The molecule has 0 fully saturated rings. The molecule has 0 saturated heterocycles. The van der Waals surface area contributed by atoms with Crippen molar-refractivity contribution in [2.75, 3.05) is 0 Å². The van der Waals surface area contributed by atoms with Gasteiger partial charge in [-0.15, -0.1) is 0 Å². The van der Waals surface area contributed by atoms with Gasteiger partial charge >= 0.3 is 0 Å². The maximum Gasteiger partial charge on any atom is 0.107 e. The second kappa shape index (κ2) is 3.40. The first-order chi connectivity index (χ1) is 6.36. The fourth-order valence-corrected chi connectivity index (χ4v) is 1.20. The summed E-state index contributed by atoms with van der Waals surface area (Å²) < 4.78 is 0. The van der Waals surface area contributed by atoms with E-state index in [1.54, 1.807) is 24.8 Å². The number of H-pyrrole nitrogens is 2. The molecule has 0 aliphatic rings. The van der Waals surface area contributed by atoms with Crippen LogP contribution in [0.1, 0.15) is 17.4 Å². The quantitative estimate of drug-likeness (QED) is 0.633. The van der Waals surface area contributed by atoms with E-state index in [0.717, 1.165) is 11.4 Å². The van der Waals surface area contributed by atoms with Crippen LogP contribution in [0.25, 0.3) is 0 Å². The van der Waals surface area contributed by atoms with Crippen molar-refractivity contribution >= 4 is 0 Å². The maximum absolute atomic E-state index is 5.91. The van der Waals surface area contributed by atoms with Crippen molar-refractivity contribution in [1.82, 2.24) is 20.2 Å². The summed E-state index contributed by atoms with van der Waals surface area (Å²) in [6.45, 7) is 0. The Morgan fingerprint density at radius 2 is 2.46 bits per heavy atom.